The van der Waals surface area contributed by atoms with E-state index in [0.717, 1.165) is 25.6 Å². The average molecular weight is 242 g/mol. The Morgan fingerprint density at radius 1 is 1.35 bits per heavy atom. The zero-order chi connectivity index (χ0) is 12.8. The van der Waals surface area contributed by atoms with Gasteiger partial charge in [-0.15, -0.1) is 0 Å². The summed E-state index contributed by atoms with van der Waals surface area (Å²) in [5, 5.41) is 0. The van der Waals surface area contributed by atoms with E-state index in [4.69, 9.17) is 10.5 Å². The lowest BCUT2D eigenvalue weighted by molar-refractivity contribution is -0.0508. The Balaban J connectivity index is 2.31. The van der Waals surface area contributed by atoms with E-state index in [1.54, 1.807) is 0 Å². The fourth-order valence-corrected chi connectivity index (χ4v) is 2.63. The van der Waals surface area contributed by atoms with Crippen molar-refractivity contribution in [3.63, 3.8) is 0 Å². The van der Waals surface area contributed by atoms with Crippen molar-refractivity contribution in [2.45, 2.75) is 52.7 Å². The molecule has 1 saturated heterocycles. The maximum absolute atomic E-state index is 5.86. The lowest BCUT2D eigenvalue weighted by Crippen LogP contribution is -2.48. The summed E-state index contributed by atoms with van der Waals surface area (Å²) in [6.45, 7) is 12.9. The molecular weight excluding hydrogens is 212 g/mol. The molecule has 3 unspecified atom stereocenters. The van der Waals surface area contributed by atoms with Gasteiger partial charge >= 0.3 is 0 Å². The minimum atomic E-state index is 0.382. The summed E-state index contributed by atoms with van der Waals surface area (Å²) >= 11 is 0. The Bertz CT molecular complexity index is 208. The normalized spacial score (nSPS) is 28.6. The fourth-order valence-electron chi connectivity index (χ4n) is 2.63. The quantitative estimate of drug-likeness (QED) is 0.775. The van der Waals surface area contributed by atoms with E-state index >= 15 is 0 Å². The first-order valence-corrected chi connectivity index (χ1v) is 7.08. The second-order valence-electron chi connectivity index (χ2n) is 6.01. The van der Waals surface area contributed by atoms with Gasteiger partial charge in [-0.2, -0.15) is 0 Å². The van der Waals surface area contributed by atoms with Gasteiger partial charge in [0.15, 0.2) is 0 Å². The van der Waals surface area contributed by atoms with Crippen LogP contribution in [-0.4, -0.2) is 43.3 Å². The van der Waals surface area contributed by atoms with Gasteiger partial charge in [-0.05, 0) is 51.6 Å². The van der Waals surface area contributed by atoms with Gasteiger partial charge in [-0.25, -0.2) is 0 Å². The van der Waals surface area contributed by atoms with Crippen LogP contribution in [0.25, 0.3) is 0 Å². The van der Waals surface area contributed by atoms with Crippen LogP contribution in [0.15, 0.2) is 0 Å². The van der Waals surface area contributed by atoms with Gasteiger partial charge in [0, 0.05) is 12.6 Å². The second kappa shape index (κ2) is 7.34. The molecule has 0 saturated carbocycles. The van der Waals surface area contributed by atoms with Crippen LogP contribution in [0.4, 0.5) is 0 Å². The SMILES string of the molecule is CC(C)CC(CN)CCN1CC(C)OCC1C. The maximum atomic E-state index is 5.86. The molecular formula is C14H30N2O. The van der Waals surface area contributed by atoms with E-state index in [-0.39, 0.29) is 0 Å². The monoisotopic (exact) mass is 242 g/mol. The molecule has 0 radical (unpaired) electrons. The van der Waals surface area contributed by atoms with Crippen molar-refractivity contribution >= 4 is 0 Å². The molecule has 17 heavy (non-hydrogen) atoms. The van der Waals surface area contributed by atoms with Crippen molar-refractivity contribution in [3.05, 3.63) is 0 Å². The zero-order valence-electron chi connectivity index (χ0n) is 12.0. The topological polar surface area (TPSA) is 38.5 Å². The van der Waals surface area contributed by atoms with Gasteiger partial charge in [0.25, 0.3) is 0 Å². The van der Waals surface area contributed by atoms with Crippen LogP contribution in [0.5, 0.6) is 0 Å². The third-order valence-electron chi connectivity index (χ3n) is 3.70. The lowest BCUT2D eigenvalue weighted by atomic mass is 9.94. The molecule has 3 heteroatoms. The predicted octanol–water partition coefficient (Wildman–Crippen LogP) is 2.11. The highest BCUT2D eigenvalue weighted by Gasteiger charge is 2.23. The number of morpholine rings is 1. The molecule has 1 fully saturated rings. The van der Waals surface area contributed by atoms with Crippen LogP contribution in [0.2, 0.25) is 0 Å². The summed E-state index contributed by atoms with van der Waals surface area (Å²) in [4.78, 5) is 2.55. The van der Waals surface area contributed by atoms with Crippen molar-refractivity contribution in [2.75, 3.05) is 26.2 Å². The number of rotatable bonds is 6. The molecule has 3 nitrogen and oxygen atoms in total. The first-order valence-electron chi connectivity index (χ1n) is 7.08. The Morgan fingerprint density at radius 3 is 2.65 bits per heavy atom. The summed E-state index contributed by atoms with van der Waals surface area (Å²) in [6, 6.07) is 0.559. The highest BCUT2D eigenvalue weighted by Crippen LogP contribution is 2.17. The maximum Gasteiger partial charge on any atom is 0.0674 e. The summed E-state index contributed by atoms with van der Waals surface area (Å²) in [5.74, 6) is 1.44. The lowest BCUT2D eigenvalue weighted by Gasteiger charge is -2.37. The third kappa shape index (κ3) is 5.36. The molecule has 0 aromatic heterocycles. The summed E-state index contributed by atoms with van der Waals surface area (Å²) < 4.78 is 5.65. The largest absolute Gasteiger partial charge is 0.376 e. The van der Waals surface area contributed by atoms with Crippen molar-refractivity contribution in [2.24, 2.45) is 17.6 Å². The molecule has 0 bridgehead atoms. The van der Waals surface area contributed by atoms with E-state index in [1.807, 2.05) is 0 Å². The summed E-state index contributed by atoms with van der Waals surface area (Å²) in [7, 11) is 0. The Morgan fingerprint density at radius 2 is 2.06 bits per heavy atom. The smallest absolute Gasteiger partial charge is 0.0674 e. The highest BCUT2D eigenvalue weighted by molar-refractivity contribution is 4.76. The van der Waals surface area contributed by atoms with E-state index in [2.05, 4.69) is 32.6 Å². The van der Waals surface area contributed by atoms with Gasteiger partial charge in [0.1, 0.15) is 0 Å². The second-order valence-corrected chi connectivity index (χ2v) is 6.01. The Kier molecular flexibility index (Phi) is 6.45. The highest BCUT2D eigenvalue weighted by atomic mass is 16.5. The number of hydrogen-bond acceptors (Lipinski definition) is 3. The fraction of sp³-hybridized carbons (Fsp3) is 1.00. The molecule has 102 valence electrons. The molecule has 1 aliphatic heterocycles. The van der Waals surface area contributed by atoms with Gasteiger partial charge in [-0.1, -0.05) is 13.8 Å². The van der Waals surface area contributed by atoms with Crippen molar-refractivity contribution < 1.29 is 4.74 Å². The van der Waals surface area contributed by atoms with Crippen LogP contribution >= 0.6 is 0 Å². The van der Waals surface area contributed by atoms with Gasteiger partial charge in [0.2, 0.25) is 0 Å². The summed E-state index contributed by atoms with van der Waals surface area (Å²) in [6.07, 6.45) is 2.86. The van der Waals surface area contributed by atoms with Gasteiger partial charge in [-0.3, -0.25) is 4.90 Å². The minimum Gasteiger partial charge on any atom is -0.376 e. The molecule has 0 amide bonds. The van der Waals surface area contributed by atoms with E-state index < -0.39 is 0 Å². The molecule has 1 aliphatic rings. The number of hydrogen-bond donors (Lipinski definition) is 1. The summed E-state index contributed by atoms with van der Waals surface area (Å²) in [5.41, 5.74) is 5.86. The minimum absolute atomic E-state index is 0.382. The Labute approximate surface area is 107 Å². The molecule has 0 aliphatic carbocycles. The molecule has 2 N–H and O–H groups in total. The average Bonchev–Trinajstić information content (AvgIpc) is 2.28. The number of nitrogens with zero attached hydrogens (tertiary/aromatic N) is 1. The first kappa shape index (κ1) is 14.9. The van der Waals surface area contributed by atoms with E-state index in [9.17, 15) is 0 Å². The van der Waals surface area contributed by atoms with Crippen LogP contribution in [-0.2, 0) is 4.74 Å². The van der Waals surface area contributed by atoms with Crippen LogP contribution in [0.1, 0.15) is 40.5 Å². The molecule has 3 atom stereocenters. The number of ether oxygens (including phenoxy) is 1. The molecule has 1 heterocycles. The first-order chi connectivity index (χ1) is 8.02. The van der Waals surface area contributed by atoms with Crippen molar-refractivity contribution in [1.29, 1.82) is 0 Å². The van der Waals surface area contributed by atoms with Crippen LogP contribution in [0, 0.1) is 11.8 Å². The molecule has 0 aromatic carbocycles. The molecule has 0 spiro atoms. The van der Waals surface area contributed by atoms with Crippen molar-refractivity contribution in [1.82, 2.24) is 4.90 Å². The Hall–Kier alpha value is -0.120. The van der Waals surface area contributed by atoms with Crippen LogP contribution < -0.4 is 5.73 Å². The van der Waals surface area contributed by atoms with E-state index in [0.29, 0.717) is 18.1 Å². The molecule has 1 rings (SSSR count). The standard InChI is InChI=1S/C14H30N2O/c1-11(2)7-14(8-15)5-6-16-9-13(4)17-10-12(16)3/h11-14H,5-10,15H2,1-4H3. The van der Waals surface area contributed by atoms with Crippen LogP contribution in [0.3, 0.4) is 0 Å². The third-order valence-corrected chi connectivity index (χ3v) is 3.70. The van der Waals surface area contributed by atoms with Gasteiger partial charge < -0.3 is 10.5 Å². The van der Waals surface area contributed by atoms with E-state index in [1.165, 1.54) is 19.4 Å². The molecule has 0 aromatic rings. The van der Waals surface area contributed by atoms with Gasteiger partial charge in [0.05, 0.1) is 12.7 Å². The zero-order valence-corrected chi connectivity index (χ0v) is 12.0. The predicted molar refractivity (Wildman–Crippen MR) is 73.1 cm³/mol. The number of nitrogens with two attached hydrogens (primary N) is 1. The van der Waals surface area contributed by atoms with Crippen molar-refractivity contribution in [3.8, 4) is 0 Å².